The summed E-state index contributed by atoms with van der Waals surface area (Å²) in [7, 11) is 0. The van der Waals surface area contributed by atoms with Gasteiger partial charge in [-0.15, -0.1) is 0 Å². The molecule has 0 heterocycles. The minimum absolute atomic E-state index is 0.0646. The largest absolute Gasteiger partial charge is 0.392 e. The molecule has 0 unspecified atom stereocenters. The van der Waals surface area contributed by atoms with Crippen molar-refractivity contribution in [3.05, 3.63) is 12.2 Å². The summed E-state index contributed by atoms with van der Waals surface area (Å²) in [4.78, 5) is 0. The number of aliphatic hydroxyl groups is 1. The molecule has 0 aromatic carbocycles. The summed E-state index contributed by atoms with van der Waals surface area (Å²) < 4.78 is 0. The molecular weight excluding hydrogens is 106 g/mol. The fourth-order valence-corrected chi connectivity index (χ4v) is 0.308. The van der Waals surface area contributed by atoms with E-state index in [1.165, 1.54) is 0 Å². The SMILES string of the molecule is C=C(CO)CN(N)N. The Bertz CT molecular complexity index is 81.4. The van der Waals surface area contributed by atoms with Crippen molar-refractivity contribution in [3.63, 3.8) is 0 Å². The van der Waals surface area contributed by atoms with Crippen LogP contribution in [0.3, 0.4) is 0 Å². The van der Waals surface area contributed by atoms with E-state index in [9.17, 15) is 0 Å². The number of nitrogens with zero attached hydrogens (tertiary/aromatic N) is 1. The van der Waals surface area contributed by atoms with E-state index in [4.69, 9.17) is 16.8 Å². The van der Waals surface area contributed by atoms with Crippen LogP contribution in [-0.2, 0) is 0 Å². The summed E-state index contributed by atoms with van der Waals surface area (Å²) in [6.45, 7) is 3.73. The molecule has 0 atom stereocenters. The molecule has 0 aliphatic heterocycles. The van der Waals surface area contributed by atoms with E-state index < -0.39 is 0 Å². The van der Waals surface area contributed by atoms with E-state index in [-0.39, 0.29) is 6.61 Å². The second kappa shape index (κ2) is 3.57. The fourth-order valence-electron chi connectivity index (χ4n) is 0.308. The highest BCUT2D eigenvalue weighted by Gasteiger charge is 1.92. The highest BCUT2D eigenvalue weighted by molar-refractivity contribution is 4.94. The highest BCUT2D eigenvalue weighted by atomic mass is 16.3. The van der Waals surface area contributed by atoms with E-state index in [2.05, 4.69) is 6.58 Å². The number of hydrogen-bond acceptors (Lipinski definition) is 4. The highest BCUT2D eigenvalue weighted by Crippen LogP contribution is 1.84. The molecule has 48 valence electrons. The van der Waals surface area contributed by atoms with Crippen molar-refractivity contribution in [2.45, 2.75) is 0 Å². The monoisotopic (exact) mass is 117 g/mol. The van der Waals surface area contributed by atoms with Crippen LogP contribution < -0.4 is 11.7 Å². The van der Waals surface area contributed by atoms with Gasteiger partial charge in [0.15, 0.2) is 0 Å². The van der Waals surface area contributed by atoms with Crippen molar-refractivity contribution < 1.29 is 5.11 Å². The van der Waals surface area contributed by atoms with E-state index in [1.807, 2.05) is 0 Å². The standard InChI is InChI=1S/C4H11N3O/c1-4(3-8)2-7(5)6/h8H,1-3,5-6H2. The Hall–Kier alpha value is -0.420. The molecule has 0 aromatic heterocycles. The second-order valence-electron chi connectivity index (χ2n) is 1.58. The molecule has 0 radical (unpaired) electrons. The van der Waals surface area contributed by atoms with Crippen molar-refractivity contribution in [3.8, 4) is 0 Å². The molecule has 5 N–H and O–H groups in total. The van der Waals surface area contributed by atoms with Gasteiger partial charge in [-0.05, 0) is 5.57 Å². The third-order valence-electron chi connectivity index (χ3n) is 0.630. The van der Waals surface area contributed by atoms with Gasteiger partial charge in [-0.1, -0.05) is 6.58 Å². The first kappa shape index (κ1) is 7.58. The smallest absolute Gasteiger partial charge is 0.0652 e. The minimum Gasteiger partial charge on any atom is -0.392 e. The fraction of sp³-hybridized carbons (Fsp3) is 0.500. The maximum atomic E-state index is 8.35. The molecule has 0 rings (SSSR count). The molecule has 0 saturated heterocycles. The predicted molar refractivity (Wildman–Crippen MR) is 31.3 cm³/mol. The maximum Gasteiger partial charge on any atom is 0.0652 e. The quantitative estimate of drug-likeness (QED) is 0.241. The molecule has 4 heteroatoms. The zero-order valence-corrected chi connectivity index (χ0v) is 4.67. The topological polar surface area (TPSA) is 75.5 Å². The average Bonchev–Trinajstić information content (AvgIpc) is 1.65. The number of aliphatic hydroxyl groups excluding tert-OH is 1. The van der Waals surface area contributed by atoms with E-state index in [1.54, 1.807) is 0 Å². The molecule has 0 bridgehead atoms. The summed E-state index contributed by atoms with van der Waals surface area (Å²) in [6.07, 6.45) is 0. The van der Waals surface area contributed by atoms with E-state index >= 15 is 0 Å². The first-order chi connectivity index (χ1) is 3.66. The van der Waals surface area contributed by atoms with E-state index in [0.717, 1.165) is 5.12 Å². The van der Waals surface area contributed by atoms with Gasteiger partial charge in [0.25, 0.3) is 0 Å². The Morgan fingerprint density at radius 1 is 1.62 bits per heavy atom. The van der Waals surface area contributed by atoms with Crippen LogP contribution in [0.5, 0.6) is 0 Å². The molecule has 8 heavy (non-hydrogen) atoms. The van der Waals surface area contributed by atoms with Gasteiger partial charge in [0, 0.05) is 0 Å². The maximum absolute atomic E-state index is 8.35. The molecule has 0 spiro atoms. The first-order valence-electron chi connectivity index (χ1n) is 2.21. The molecule has 0 aliphatic rings. The van der Waals surface area contributed by atoms with Gasteiger partial charge in [-0.25, -0.2) is 0 Å². The summed E-state index contributed by atoms with van der Waals surface area (Å²) >= 11 is 0. The van der Waals surface area contributed by atoms with Crippen LogP contribution >= 0.6 is 0 Å². The Kier molecular flexibility index (Phi) is 3.38. The van der Waals surface area contributed by atoms with Gasteiger partial charge >= 0.3 is 0 Å². The Morgan fingerprint density at radius 3 is 2.25 bits per heavy atom. The third kappa shape index (κ3) is 3.76. The zero-order valence-electron chi connectivity index (χ0n) is 4.67. The lowest BCUT2D eigenvalue weighted by Gasteiger charge is -2.08. The Morgan fingerprint density at radius 2 is 2.12 bits per heavy atom. The summed E-state index contributed by atoms with van der Waals surface area (Å²) in [5, 5.41) is 9.32. The summed E-state index contributed by atoms with van der Waals surface area (Å²) in [6, 6.07) is 0. The normalized spacial score (nSPS) is 10.0. The second-order valence-corrected chi connectivity index (χ2v) is 1.58. The van der Waals surface area contributed by atoms with Crippen LogP contribution in [0.4, 0.5) is 0 Å². The van der Waals surface area contributed by atoms with Gasteiger partial charge in [0.1, 0.15) is 0 Å². The van der Waals surface area contributed by atoms with E-state index in [0.29, 0.717) is 12.1 Å². The molecule has 4 nitrogen and oxygen atoms in total. The number of rotatable bonds is 3. The van der Waals surface area contributed by atoms with Crippen LogP contribution in [0.15, 0.2) is 12.2 Å². The minimum atomic E-state index is -0.0646. The molecular formula is C4H11N3O. The van der Waals surface area contributed by atoms with Crippen LogP contribution in [-0.4, -0.2) is 23.4 Å². The molecule has 0 saturated carbocycles. The first-order valence-corrected chi connectivity index (χ1v) is 2.21. The van der Waals surface area contributed by atoms with Gasteiger partial charge < -0.3 is 5.11 Å². The van der Waals surface area contributed by atoms with Crippen molar-refractivity contribution in [1.29, 1.82) is 0 Å². The number of hydrogen-bond donors (Lipinski definition) is 3. The zero-order chi connectivity index (χ0) is 6.57. The Balaban J connectivity index is 3.25. The van der Waals surface area contributed by atoms with Crippen molar-refractivity contribution in [2.75, 3.05) is 13.2 Å². The molecule has 0 amide bonds. The third-order valence-corrected chi connectivity index (χ3v) is 0.630. The lowest BCUT2D eigenvalue weighted by Crippen LogP contribution is -2.39. The number of hydrazine groups is 2. The van der Waals surface area contributed by atoms with Crippen LogP contribution in [0.1, 0.15) is 0 Å². The van der Waals surface area contributed by atoms with Gasteiger partial charge in [0.05, 0.1) is 13.2 Å². The lowest BCUT2D eigenvalue weighted by atomic mass is 10.3. The van der Waals surface area contributed by atoms with Gasteiger partial charge in [0.2, 0.25) is 0 Å². The van der Waals surface area contributed by atoms with Crippen molar-refractivity contribution in [2.24, 2.45) is 11.7 Å². The average molecular weight is 117 g/mol. The summed E-state index contributed by atoms with van der Waals surface area (Å²) in [5.74, 6) is 10.0. The molecule has 0 fully saturated rings. The predicted octanol–water partition coefficient (Wildman–Crippen LogP) is -1.42. The van der Waals surface area contributed by atoms with Gasteiger partial charge in [-0.2, -0.15) is 5.12 Å². The van der Waals surface area contributed by atoms with Crippen LogP contribution in [0.2, 0.25) is 0 Å². The lowest BCUT2D eigenvalue weighted by molar-refractivity contribution is 0.280. The van der Waals surface area contributed by atoms with Crippen molar-refractivity contribution in [1.82, 2.24) is 5.12 Å². The number of nitrogens with two attached hydrogens (primary N) is 2. The molecule has 0 aliphatic carbocycles. The Labute approximate surface area is 48.3 Å². The summed E-state index contributed by atoms with van der Waals surface area (Å²) in [5.41, 5.74) is 0.606. The molecule has 0 aromatic rings. The van der Waals surface area contributed by atoms with Crippen LogP contribution in [0, 0.1) is 0 Å². The van der Waals surface area contributed by atoms with Crippen molar-refractivity contribution >= 4 is 0 Å². The van der Waals surface area contributed by atoms with Crippen LogP contribution in [0.25, 0.3) is 0 Å². The van der Waals surface area contributed by atoms with Gasteiger partial charge in [-0.3, -0.25) is 11.7 Å².